The van der Waals surface area contributed by atoms with E-state index in [1.54, 1.807) is 24.3 Å². The third-order valence-corrected chi connectivity index (χ3v) is 6.42. The monoisotopic (exact) mass is 442 g/mol. The smallest absolute Gasteiger partial charge is 0.261 e. The summed E-state index contributed by atoms with van der Waals surface area (Å²) in [6, 6.07) is 18.2. The van der Waals surface area contributed by atoms with E-state index in [9.17, 15) is 13.2 Å². The van der Waals surface area contributed by atoms with Gasteiger partial charge < -0.3 is 5.32 Å². The number of aryl methyl sites for hydroxylation is 2. The zero-order valence-corrected chi connectivity index (χ0v) is 18.5. The van der Waals surface area contributed by atoms with E-state index in [2.05, 4.69) is 16.1 Å². The van der Waals surface area contributed by atoms with Crippen LogP contribution in [-0.4, -0.2) is 14.3 Å². The van der Waals surface area contributed by atoms with Crippen molar-refractivity contribution >= 4 is 33.2 Å². The fourth-order valence-corrected chi connectivity index (χ4v) is 4.29. The molecule has 0 aliphatic heterocycles. The SMILES string of the molecule is Cc1ccc(C)c([C@H](C)NC(=O)c2ccc(NS(=O)(=O)c3ccc(Cl)cc3)cc2)c1. The van der Waals surface area contributed by atoms with Gasteiger partial charge in [-0.15, -0.1) is 0 Å². The summed E-state index contributed by atoms with van der Waals surface area (Å²) in [6.07, 6.45) is 0. The van der Waals surface area contributed by atoms with Crippen LogP contribution in [0.25, 0.3) is 0 Å². The lowest BCUT2D eigenvalue weighted by molar-refractivity contribution is 0.0940. The van der Waals surface area contributed by atoms with Gasteiger partial charge in [-0.2, -0.15) is 0 Å². The normalized spacial score (nSPS) is 12.3. The first-order valence-corrected chi connectivity index (χ1v) is 11.3. The third-order valence-electron chi connectivity index (χ3n) is 4.77. The molecule has 0 bridgehead atoms. The molecule has 0 fully saturated rings. The number of amides is 1. The molecule has 0 spiro atoms. The quantitative estimate of drug-likeness (QED) is 0.547. The number of nitrogens with one attached hydrogen (secondary N) is 2. The van der Waals surface area contributed by atoms with Crippen molar-refractivity contribution < 1.29 is 13.2 Å². The predicted molar refractivity (Wildman–Crippen MR) is 120 cm³/mol. The molecule has 1 amide bonds. The van der Waals surface area contributed by atoms with Gasteiger partial charge in [0.15, 0.2) is 0 Å². The molecule has 2 N–H and O–H groups in total. The number of halogens is 1. The lowest BCUT2D eigenvalue weighted by atomic mass is 9.99. The van der Waals surface area contributed by atoms with Crippen molar-refractivity contribution in [2.75, 3.05) is 4.72 Å². The average molecular weight is 443 g/mol. The minimum absolute atomic E-state index is 0.107. The molecule has 7 heteroatoms. The Labute approximate surface area is 182 Å². The zero-order valence-electron chi connectivity index (χ0n) is 16.9. The molecule has 0 saturated heterocycles. The van der Waals surface area contributed by atoms with Gasteiger partial charge in [0.25, 0.3) is 15.9 Å². The van der Waals surface area contributed by atoms with Crippen molar-refractivity contribution in [2.24, 2.45) is 0 Å². The summed E-state index contributed by atoms with van der Waals surface area (Å²) in [5.41, 5.74) is 4.12. The van der Waals surface area contributed by atoms with E-state index < -0.39 is 10.0 Å². The summed E-state index contributed by atoms with van der Waals surface area (Å²) in [5, 5.41) is 3.45. The second-order valence-corrected chi connectivity index (χ2v) is 9.31. The molecule has 0 saturated carbocycles. The minimum atomic E-state index is -3.74. The number of benzene rings is 3. The van der Waals surface area contributed by atoms with Crippen LogP contribution in [0.5, 0.6) is 0 Å². The maximum atomic E-state index is 12.6. The van der Waals surface area contributed by atoms with Gasteiger partial charge in [-0.25, -0.2) is 8.42 Å². The Bertz CT molecular complexity index is 1160. The van der Waals surface area contributed by atoms with Crippen LogP contribution < -0.4 is 10.0 Å². The Morgan fingerprint density at radius 3 is 2.20 bits per heavy atom. The fourth-order valence-electron chi connectivity index (χ4n) is 3.10. The van der Waals surface area contributed by atoms with E-state index in [4.69, 9.17) is 11.6 Å². The number of anilines is 1. The van der Waals surface area contributed by atoms with Gasteiger partial charge in [-0.1, -0.05) is 35.4 Å². The molecule has 5 nitrogen and oxygen atoms in total. The Kier molecular flexibility index (Phi) is 6.48. The van der Waals surface area contributed by atoms with Crippen LogP contribution in [0.2, 0.25) is 5.02 Å². The number of hydrogen-bond acceptors (Lipinski definition) is 3. The molecule has 0 heterocycles. The number of carbonyl (C=O) groups is 1. The Morgan fingerprint density at radius 2 is 1.57 bits per heavy atom. The second kappa shape index (κ2) is 8.90. The first-order chi connectivity index (χ1) is 14.2. The van der Waals surface area contributed by atoms with E-state index in [0.717, 1.165) is 16.7 Å². The van der Waals surface area contributed by atoms with Crippen LogP contribution in [0.15, 0.2) is 71.6 Å². The van der Waals surface area contributed by atoms with Gasteiger partial charge in [0.05, 0.1) is 10.9 Å². The van der Waals surface area contributed by atoms with Gasteiger partial charge in [-0.05, 0) is 80.4 Å². The van der Waals surface area contributed by atoms with Crippen molar-refractivity contribution in [1.29, 1.82) is 0 Å². The van der Waals surface area contributed by atoms with E-state index >= 15 is 0 Å². The number of carbonyl (C=O) groups excluding carboxylic acids is 1. The van der Waals surface area contributed by atoms with Gasteiger partial charge >= 0.3 is 0 Å². The molecule has 0 unspecified atom stereocenters. The Hall–Kier alpha value is -2.83. The van der Waals surface area contributed by atoms with Crippen LogP contribution in [0, 0.1) is 13.8 Å². The molecular formula is C23H23ClN2O3S. The highest BCUT2D eigenvalue weighted by atomic mass is 35.5. The summed E-state index contributed by atoms with van der Waals surface area (Å²) < 4.78 is 27.4. The maximum absolute atomic E-state index is 12.6. The minimum Gasteiger partial charge on any atom is -0.346 e. The molecular weight excluding hydrogens is 420 g/mol. The van der Waals surface area contributed by atoms with Gasteiger partial charge in [0, 0.05) is 16.3 Å². The zero-order chi connectivity index (χ0) is 21.9. The highest BCUT2D eigenvalue weighted by Gasteiger charge is 2.16. The van der Waals surface area contributed by atoms with Gasteiger partial charge in [0.2, 0.25) is 0 Å². The summed E-state index contributed by atoms with van der Waals surface area (Å²) in [5.74, 6) is -0.226. The standard InChI is InChI=1S/C23H23ClN2O3S/c1-15-4-5-16(2)22(14-15)17(3)25-23(27)18-6-10-20(11-7-18)26-30(28,29)21-12-8-19(24)9-13-21/h4-14,17,26H,1-3H3,(H,25,27)/t17-/m0/s1. The Morgan fingerprint density at radius 1 is 0.933 bits per heavy atom. The topological polar surface area (TPSA) is 75.3 Å². The van der Waals surface area contributed by atoms with Crippen LogP contribution in [0.1, 0.15) is 40.0 Å². The molecule has 1 atom stereocenters. The van der Waals surface area contributed by atoms with Crippen LogP contribution in [0.4, 0.5) is 5.69 Å². The van der Waals surface area contributed by atoms with E-state index in [-0.39, 0.29) is 16.8 Å². The predicted octanol–water partition coefficient (Wildman–Crippen LogP) is 5.25. The van der Waals surface area contributed by atoms with Crippen molar-refractivity contribution in [2.45, 2.75) is 31.7 Å². The molecule has 0 aliphatic rings. The molecule has 0 aliphatic carbocycles. The van der Waals surface area contributed by atoms with E-state index in [1.165, 1.54) is 24.3 Å². The summed E-state index contributed by atoms with van der Waals surface area (Å²) >= 11 is 5.81. The maximum Gasteiger partial charge on any atom is 0.261 e. The fraction of sp³-hybridized carbons (Fsp3) is 0.174. The van der Waals surface area contributed by atoms with Gasteiger partial charge in [0.1, 0.15) is 0 Å². The lowest BCUT2D eigenvalue weighted by Gasteiger charge is -2.17. The molecule has 3 aromatic carbocycles. The number of hydrogen-bond donors (Lipinski definition) is 2. The Balaban J connectivity index is 1.69. The lowest BCUT2D eigenvalue weighted by Crippen LogP contribution is -2.27. The van der Waals surface area contributed by atoms with E-state index in [1.807, 2.05) is 32.9 Å². The highest BCUT2D eigenvalue weighted by Crippen LogP contribution is 2.21. The van der Waals surface area contributed by atoms with Crippen LogP contribution >= 0.6 is 11.6 Å². The molecule has 30 heavy (non-hydrogen) atoms. The first kappa shape index (κ1) is 21.9. The van der Waals surface area contributed by atoms with Crippen molar-refractivity contribution in [3.8, 4) is 0 Å². The number of sulfonamides is 1. The van der Waals surface area contributed by atoms with Gasteiger partial charge in [-0.3, -0.25) is 9.52 Å². The van der Waals surface area contributed by atoms with Crippen molar-refractivity contribution in [3.05, 3.63) is 94.0 Å². The van der Waals surface area contributed by atoms with Crippen molar-refractivity contribution in [1.82, 2.24) is 5.32 Å². The largest absolute Gasteiger partial charge is 0.346 e. The molecule has 0 aromatic heterocycles. The molecule has 156 valence electrons. The third kappa shape index (κ3) is 5.20. The van der Waals surface area contributed by atoms with Crippen LogP contribution in [0.3, 0.4) is 0 Å². The van der Waals surface area contributed by atoms with Crippen LogP contribution in [-0.2, 0) is 10.0 Å². The average Bonchev–Trinajstić information content (AvgIpc) is 2.70. The number of rotatable bonds is 6. The highest BCUT2D eigenvalue weighted by molar-refractivity contribution is 7.92. The molecule has 3 rings (SSSR count). The molecule has 3 aromatic rings. The first-order valence-electron chi connectivity index (χ1n) is 9.42. The summed E-state index contributed by atoms with van der Waals surface area (Å²) in [7, 11) is -3.74. The summed E-state index contributed by atoms with van der Waals surface area (Å²) in [6.45, 7) is 5.97. The molecule has 0 radical (unpaired) electrons. The summed E-state index contributed by atoms with van der Waals surface area (Å²) in [4.78, 5) is 12.7. The second-order valence-electron chi connectivity index (χ2n) is 7.19. The van der Waals surface area contributed by atoms with Crippen molar-refractivity contribution in [3.63, 3.8) is 0 Å². The van der Waals surface area contributed by atoms with E-state index in [0.29, 0.717) is 16.3 Å².